The average Bonchev–Trinajstić information content (AvgIpc) is 2.98. The molecule has 2 rings (SSSR count). The number of nitrogens with zero attached hydrogens (tertiary/aromatic N) is 2. The number of hydrogen-bond donors (Lipinski definition) is 1. The van der Waals surface area contributed by atoms with Gasteiger partial charge in [-0.05, 0) is 43.6 Å². The second-order valence-corrected chi connectivity index (χ2v) is 8.18. The van der Waals surface area contributed by atoms with E-state index >= 15 is 0 Å². The van der Waals surface area contributed by atoms with Crippen LogP contribution in [0.3, 0.4) is 0 Å². The first-order valence-corrected chi connectivity index (χ1v) is 8.65. The van der Waals surface area contributed by atoms with Crippen LogP contribution >= 0.6 is 22.9 Å². The second kappa shape index (κ2) is 6.33. The van der Waals surface area contributed by atoms with Crippen LogP contribution in [0.5, 0.6) is 0 Å². The van der Waals surface area contributed by atoms with E-state index in [0.29, 0.717) is 0 Å². The van der Waals surface area contributed by atoms with E-state index in [1.54, 1.807) is 0 Å². The number of nitrogens with one attached hydrogen (secondary N) is 1. The van der Waals surface area contributed by atoms with Crippen LogP contribution in [0.4, 0.5) is 0 Å². The first-order chi connectivity index (χ1) is 9.43. The Morgan fingerprint density at radius 2 is 2.05 bits per heavy atom. The molecule has 1 N–H and O–H groups in total. The summed E-state index contributed by atoms with van der Waals surface area (Å²) in [5.74, 6) is 0. The lowest BCUT2D eigenvalue weighted by molar-refractivity contribution is 0.540. The summed E-state index contributed by atoms with van der Waals surface area (Å²) in [6.45, 7) is 11.9. The van der Waals surface area contributed by atoms with Gasteiger partial charge in [-0.25, -0.2) is 0 Å². The molecule has 2 heterocycles. The van der Waals surface area contributed by atoms with Gasteiger partial charge in [0.05, 0.1) is 16.6 Å². The highest BCUT2D eigenvalue weighted by Crippen LogP contribution is 2.36. The minimum absolute atomic E-state index is 0.0286. The van der Waals surface area contributed by atoms with Crippen molar-refractivity contribution in [2.45, 2.75) is 52.5 Å². The summed E-state index contributed by atoms with van der Waals surface area (Å²) < 4.78 is 4.21. The third-order valence-corrected chi connectivity index (χ3v) is 4.98. The summed E-state index contributed by atoms with van der Waals surface area (Å²) in [6, 6.07) is 4.63. The lowest BCUT2D eigenvalue weighted by Crippen LogP contribution is -2.25. The largest absolute Gasteiger partial charge is 0.305 e. The summed E-state index contributed by atoms with van der Waals surface area (Å²) in [5.41, 5.74) is 1.14. The van der Waals surface area contributed by atoms with Crippen molar-refractivity contribution < 1.29 is 0 Å². The maximum atomic E-state index is 4.38. The SMILES string of the molecule is CCCNC(c1ccc(C)s1)c1snnc1C(C)(C)C. The summed E-state index contributed by atoms with van der Waals surface area (Å²) in [6.07, 6.45) is 1.12. The van der Waals surface area contributed by atoms with Crippen LogP contribution in [0.1, 0.15) is 60.5 Å². The maximum absolute atomic E-state index is 4.38. The van der Waals surface area contributed by atoms with Crippen LogP contribution in [-0.2, 0) is 5.41 Å². The van der Waals surface area contributed by atoms with Crippen LogP contribution in [0.25, 0.3) is 0 Å². The van der Waals surface area contributed by atoms with Crippen molar-refractivity contribution in [3.8, 4) is 0 Å². The number of aryl methyl sites for hydroxylation is 1. The van der Waals surface area contributed by atoms with Gasteiger partial charge in [0, 0.05) is 15.2 Å². The number of thiophene rings is 1. The Balaban J connectivity index is 2.39. The molecular formula is C15H23N3S2. The van der Waals surface area contributed by atoms with E-state index in [-0.39, 0.29) is 11.5 Å². The predicted molar refractivity (Wildman–Crippen MR) is 87.8 cm³/mol. The van der Waals surface area contributed by atoms with Gasteiger partial charge in [-0.15, -0.1) is 16.4 Å². The highest BCUT2D eigenvalue weighted by atomic mass is 32.1. The van der Waals surface area contributed by atoms with Gasteiger partial charge in [0.1, 0.15) is 0 Å². The van der Waals surface area contributed by atoms with Crippen LogP contribution in [0.2, 0.25) is 0 Å². The summed E-state index contributed by atoms with van der Waals surface area (Å²) in [7, 11) is 0. The van der Waals surface area contributed by atoms with Crippen LogP contribution in [0.15, 0.2) is 12.1 Å². The van der Waals surface area contributed by atoms with E-state index in [9.17, 15) is 0 Å². The van der Waals surface area contributed by atoms with Gasteiger partial charge in [-0.2, -0.15) is 0 Å². The first kappa shape index (κ1) is 15.6. The summed E-state index contributed by atoms with van der Waals surface area (Å²) >= 11 is 3.37. The number of aromatic nitrogens is 2. The van der Waals surface area contributed by atoms with E-state index in [0.717, 1.165) is 18.7 Å². The zero-order chi connectivity index (χ0) is 14.8. The van der Waals surface area contributed by atoms with E-state index in [4.69, 9.17) is 0 Å². The van der Waals surface area contributed by atoms with E-state index in [1.165, 1.54) is 26.2 Å². The first-order valence-electron chi connectivity index (χ1n) is 7.06. The standard InChI is InChI=1S/C15H23N3S2/c1-6-9-16-12(11-8-7-10(2)19-11)13-14(15(3,4)5)17-18-20-13/h7-8,12,16H,6,9H2,1-5H3. The molecule has 2 aromatic heterocycles. The molecule has 110 valence electrons. The van der Waals surface area contributed by atoms with Gasteiger partial charge in [0.25, 0.3) is 0 Å². The van der Waals surface area contributed by atoms with Crippen molar-refractivity contribution in [2.75, 3.05) is 6.54 Å². The molecule has 3 nitrogen and oxygen atoms in total. The molecule has 1 unspecified atom stereocenters. The molecule has 5 heteroatoms. The Bertz CT molecular complexity index is 551. The molecule has 0 aliphatic rings. The van der Waals surface area contributed by atoms with Crippen molar-refractivity contribution in [3.63, 3.8) is 0 Å². The minimum Gasteiger partial charge on any atom is -0.305 e. The molecule has 0 bridgehead atoms. The minimum atomic E-state index is 0.0286. The van der Waals surface area contributed by atoms with Gasteiger partial charge in [0.2, 0.25) is 0 Å². The van der Waals surface area contributed by atoms with Gasteiger partial charge in [0.15, 0.2) is 0 Å². The van der Waals surface area contributed by atoms with Crippen molar-refractivity contribution >= 4 is 22.9 Å². The number of hydrogen-bond acceptors (Lipinski definition) is 5. The van der Waals surface area contributed by atoms with Crippen molar-refractivity contribution in [1.29, 1.82) is 0 Å². The predicted octanol–water partition coefficient (Wildman–Crippen LogP) is 4.29. The Kier molecular flexibility index (Phi) is 4.94. The van der Waals surface area contributed by atoms with Crippen LogP contribution in [0, 0.1) is 6.92 Å². The second-order valence-electron chi connectivity index (χ2n) is 6.07. The molecule has 2 aromatic rings. The lowest BCUT2D eigenvalue weighted by Gasteiger charge is -2.22. The fourth-order valence-corrected chi connectivity index (χ4v) is 4.12. The third-order valence-electron chi connectivity index (χ3n) is 3.13. The van der Waals surface area contributed by atoms with Gasteiger partial charge >= 0.3 is 0 Å². The quantitative estimate of drug-likeness (QED) is 0.895. The monoisotopic (exact) mass is 309 g/mol. The topological polar surface area (TPSA) is 37.8 Å². The van der Waals surface area contributed by atoms with Crippen molar-refractivity contribution in [2.24, 2.45) is 0 Å². The molecule has 1 atom stereocenters. The Morgan fingerprint density at radius 1 is 1.30 bits per heavy atom. The smallest absolute Gasteiger partial charge is 0.0860 e. The van der Waals surface area contributed by atoms with Crippen molar-refractivity contribution in [3.05, 3.63) is 32.5 Å². The fraction of sp³-hybridized carbons (Fsp3) is 0.600. The van der Waals surface area contributed by atoms with Gasteiger partial charge in [-0.3, -0.25) is 0 Å². The lowest BCUT2D eigenvalue weighted by atomic mass is 9.90. The molecule has 20 heavy (non-hydrogen) atoms. The fourth-order valence-electron chi connectivity index (χ4n) is 2.13. The van der Waals surface area contributed by atoms with Crippen molar-refractivity contribution in [1.82, 2.24) is 14.9 Å². The zero-order valence-corrected chi connectivity index (χ0v) is 14.5. The number of rotatable bonds is 5. The molecule has 0 spiro atoms. The summed E-state index contributed by atoms with van der Waals surface area (Å²) in [4.78, 5) is 3.96. The molecule has 0 aliphatic carbocycles. The zero-order valence-electron chi connectivity index (χ0n) is 12.9. The summed E-state index contributed by atoms with van der Waals surface area (Å²) in [5, 5.41) is 8.04. The van der Waals surface area contributed by atoms with Crippen LogP contribution in [-0.4, -0.2) is 16.1 Å². The average molecular weight is 310 g/mol. The molecule has 0 fully saturated rings. The van der Waals surface area contributed by atoms with Gasteiger partial charge < -0.3 is 5.32 Å². The van der Waals surface area contributed by atoms with E-state index in [1.807, 2.05) is 11.3 Å². The van der Waals surface area contributed by atoms with E-state index < -0.39 is 0 Å². The molecule has 0 aliphatic heterocycles. The highest BCUT2D eigenvalue weighted by Gasteiger charge is 2.28. The Morgan fingerprint density at radius 3 is 2.60 bits per heavy atom. The van der Waals surface area contributed by atoms with Crippen LogP contribution < -0.4 is 5.32 Å². The van der Waals surface area contributed by atoms with Gasteiger partial charge in [-0.1, -0.05) is 32.2 Å². The molecule has 0 radical (unpaired) electrons. The Labute approximate surface area is 129 Å². The molecule has 0 aromatic carbocycles. The highest BCUT2D eigenvalue weighted by molar-refractivity contribution is 7.12. The normalized spacial score (nSPS) is 13.7. The molecule has 0 amide bonds. The maximum Gasteiger partial charge on any atom is 0.0860 e. The molecular weight excluding hydrogens is 286 g/mol. The molecule has 0 saturated carbocycles. The van der Waals surface area contributed by atoms with E-state index in [2.05, 4.69) is 61.7 Å². The third kappa shape index (κ3) is 3.45. The molecule has 0 saturated heterocycles. The Hall–Kier alpha value is -0.780.